The molecule has 4 rings (SSSR count). The van der Waals surface area contributed by atoms with Crippen LogP contribution in [0.2, 0.25) is 0 Å². The Morgan fingerprint density at radius 1 is 1.17 bits per heavy atom. The van der Waals surface area contributed by atoms with Crippen molar-refractivity contribution in [1.82, 2.24) is 19.8 Å². The monoisotopic (exact) mass is 434 g/mol. The van der Waals surface area contributed by atoms with Gasteiger partial charge in [0.1, 0.15) is 6.04 Å². The highest BCUT2D eigenvalue weighted by atomic mass is 32.2. The Labute approximate surface area is 175 Å². The number of nitrogens with zero attached hydrogens (tertiary/aromatic N) is 2. The van der Waals surface area contributed by atoms with Gasteiger partial charge in [0.25, 0.3) is 5.91 Å². The number of likely N-dealkylation sites (tertiary alicyclic amines) is 1. The van der Waals surface area contributed by atoms with Gasteiger partial charge in [0.05, 0.1) is 12.8 Å². The maximum absolute atomic E-state index is 13.0. The minimum absolute atomic E-state index is 0.0706. The summed E-state index contributed by atoms with van der Waals surface area (Å²) in [6.45, 7) is 0.617. The molecule has 10 heteroatoms. The molecule has 1 aliphatic carbocycles. The van der Waals surface area contributed by atoms with E-state index in [1.165, 1.54) is 0 Å². The van der Waals surface area contributed by atoms with Crippen LogP contribution in [0.3, 0.4) is 0 Å². The smallest absolute Gasteiger partial charge is 0.255 e. The van der Waals surface area contributed by atoms with Crippen molar-refractivity contribution in [2.24, 2.45) is 0 Å². The molecule has 0 radical (unpaired) electrons. The van der Waals surface area contributed by atoms with Crippen molar-refractivity contribution < 1.29 is 22.8 Å². The van der Waals surface area contributed by atoms with Gasteiger partial charge < -0.3 is 15.1 Å². The summed E-state index contributed by atoms with van der Waals surface area (Å²) >= 11 is 0. The van der Waals surface area contributed by atoms with E-state index in [9.17, 15) is 22.8 Å². The van der Waals surface area contributed by atoms with E-state index in [0.717, 1.165) is 19.1 Å². The number of piperidine rings is 1. The van der Waals surface area contributed by atoms with Gasteiger partial charge in [-0.1, -0.05) is 18.2 Å². The third-order valence-corrected chi connectivity index (χ3v) is 6.52. The van der Waals surface area contributed by atoms with Gasteiger partial charge in [-0.3, -0.25) is 14.4 Å². The molecule has 2 N–H and O–H groups in total. The maximum Gasteiger partial charge on any atom is 0.255 e. The highest BCUT2D eigenvalue weighted by Gasteiger charge is 2.47. The van der Waals surface area contributed by atoms with Crippen LogP contribution >= 0.6 is 0 Å². The standard InChI is InChI=1S/C20H26N4O5S/c1-30(28,29)22-13-5-4-10-23(12-13)17(25)11-21-19(26)18-15-6-2-3-7-16(15)20(27)24(18)14-8-9-14/h2-3,6-7,13-14,18,22H,4-5,8-12H2,1H3,(H,21,26). The number of nitrogens with one attached hydrogen (secondary N) is 2. The van der Waals surface area contributed by atoms with Crippen molar-refractivity contribution in [3.05, 3.63) is 35.4 Å². The Bertz CT molecular complexity index is 975. The van der Waals surface area contributed by atoms with E-state index in [1.807, 2.05) is 0 Å². The number of hydrogen-bond donors (Lipinski definition) is 2. The summed E-state index contributed by atoms with van der Waals surface area (Å²) in [5, 5.41) is 2.70. The highest BCUT2D eigenvalue weighted by molar-refractivity contribution is 7.88. The van der Waals surface area contributed by atoms with Crippen molar-refractivity contribution in [3.8, 4) is 0 Å². The van der Waals surface area contributed by atoms with Crippen LogP contribution in [0, 0.1) is 0 Å². The third-order valence-electron chi connectivity index (χ3n) is 5.76. The largest absolute Gasteiger partial charge is 0.345 e. The van der Waals surface area contributed by atoms with Gasteiger partial charge in [-0.25, -0.2) is 13.1 Å². The van der Waals surface area contributed by atoms with E-state index in [0.29, 0.717) is 30.5 Å². The number of carbonyl (C=O) groups is 3. The molecule has 1 saturated carbocycles. The van der Waals surface area contributed by atoms with Gasteiger partial charge in [-0.2, -0.15) is 0 Å². The Balaban J connectivity index is 1.39. The van der Waals surface area contributed by atoms with Gasteiger partial charge >= 0.3 is 0 Å². The Kier molecular flexibility index (Phi) is 5.54. The quantitative estimate of drug-likeness (QED) is 0.654. The van der Waals surface area contributed by atoms with Crippen LogP contribution in [0.5, 0.6) is 0 Å². The number of benzene rings is 1. The molecule has 3 amide bonds. The summed E-state index contributed by atoms with van der Waals surface area (Å²) in [5.41, 5.74) is 1.22. The summed E-state index contributed by atoms with van der Waals surface area (Å²) < 4.78 is 25.4. The van der Waals surface area contributed by atoms with Crippen LogP contribution in [-0.2, 0) is 19.6 Å². The second kappa shape index (κ2) is 7.99. The van der Waals surface area contributed by atoms with Gasteiger partial charge in [0.15, 0.2) is 0 Å². The van der Waals surface area contributed by atoms with E-state index >= 15 is 0 Å². The molecule has 1 aromatic rings. The topological polar surface area (TPSA) is 116 Å². The molecular weight excluding hydrogens is 408 g/mol. The van der Waals surface area contributed by atoms with Gasteiger partial charge in [0.2, 0.25) is 21.8 Å². The fourth-order valence-electron chi connectivity index (χ4n) is 4.31. The average molecular weight is 435 g/mol. The summed E-state index contributed by atoms with van der Waals surface area (Å²) in [6, 6.07) is 6.14. The van der Waals surface area contributed by atoms with Crippen molar-refractivity contribution in [2.45, 2.75) is 43.8 Å². The van der Waals surface area contributed by atoms with E-state index in [2.05, 4.69) is 10.0 Å². The van der Waals surface area contributed by atoms with Gasteiger partial charge in [-0.05, 0) is 37.3 Å². The molecule has 2 atom stereocenters. The summed E-state index contributed by atoms with van der Waals surface area (Å²) in [4.78, 5) is 41.5. The number of hydrogen-bond acceptors (Lipinski definition) is 5. The third kappa shape index (κ3) is 4.34. The second-order valence-corrected chi connectivity index (χ2v) is 10.0. The number of rotatable bonds is 6. The first-order valence-electron chi connectivity index (χ1n) is 10.2. The zero-order valence-corrected chi connectivity index (χ0v) is 17.7. The fraction of sp³-hybridized carbons (Fsp3) is 0.550. The molecule has 9 nitrogen and oxygen atoms in total. The number of carbonyl (C=O) groups excluding carboxylic acids is 3. The van der Waals surface area contributed by atoms with Gasteiger partial charge in [-0.15, -0.1) is 0 Å². The summed E-state index contributed by atoms with van der Waals surface area (Å²) in [7, 11) is -3.35. The predicted octanol–water partition coefficient (Wildman–Crippen LogP) is 0.00230. The minimum atomic E-state index is -3.35. The number of fused-ring (bicyclic) bond motifs is 1. The molecule has 1 saturated heterocycles. The Morgan fingerprint density at radius 3 is 2.60 bits per heavy atom. The second-order valence-electron chi connectivity index (χ2n) is 8.22. The van der Waals surface area contributed by atoms with E-state index < -0.39 is 16.1 Å². The minimum Gasteiger partial charge on any atom is -0.345 e. The van der Waals surface area contributed by atoms with Crippen LogP contribution < -0.4 is 10.0 Å². The molecule has 2 aliphatic heterocycles. The lowest BCUT2D eigenvalue weighted by atomic mass is 10.0. The van der Waals surface area contributed by atoms with E-state index in [4.69, 9.17) is 0 Å². The van der Waals surface area contributed by atoms with Crippen LogP contribution in [-0.4, -0.2) is 73.9 Å². The average Bonchev–Trinajstić information content (AvgIpc) is 3.49. The molecule has 2 heterocycles. The maximum atomic E-state index is 13.0. The molecule has 0 bridgehead atoms. The van der Waals surface area contributed by atoms with Crippen molar-refractivity contribution in [2.75, 3.05) is 25.9 Å². The Hall–Kier alpha value is -2.46. The van der Waals surface area contributed by atoms with Crippen molar-refractivity contribution in [3.63, 3.8) is 0 Å². The van der Waals surface area contributed by atoms with Crippen molar-refractivity contribution >= 4 is 27.7 Å². The Morgan fingerprint density at radius 2 is 1.90 bits per heavy atom. The molecule has 3 aliphatic rings. The zero-order valence-electron chi connectivity index (χ0n) is 16.8. The first-order chi connectivity index (χ1) is 14.2. The molecule has 2 unspecified atom stereocenters. The van der Waals surface area contributed by atoms with Crippen LogP contribution in [0.1, 0.15) is 47.6 Å². The molecule has 162 valence electrons. The lowest BCUT2D eigenvalue weighted by molar-refractivity contribution is -0.135. The van der Waals surface area contributed by atoms with Gasteiger partial charge in [0, 0.05) is 30.7 Å². The summed E-state index contributed by atoms with van der Waals surface area (Å²) in [6.07, 6.45) is 4.21. The highest BCUT2D eigenvalue weighted by Crippen LogP contribution is 2.41. The molecule has 30 heavy (non-hydrogen) atoms. The molecular formula is C20H26N4O5S. The predicted molar refractivity (Wildman–Crippen MR) is 109 cm³/mol. The van der Waals surface area contributed by atoms with Crippen molar-refractivity contribution in [1.29, 1.82) is 0 Å². The first-order valence-corrected chi connectivity index (χ1v) is 12.1. The molecule has 0 spiro atoms. The molecule has 1 aromatic carbocycles. The normalized spacial score (nSPS) is 24.0. The fourth-order valence-corrected chi connectivity index (χ4v) is 5.11. The van der Waals surface area contributed by atoms with Crippen LogP contribution in [0.15, 0.2) is 24.3 Å². The number of sulfonamides is 1. The molecule has 2 fully saturated rings. The van der Waals surface area contributed by atoms with E-state index in [-0.39, 0.29) is 42.9 Å². The van der Waals surface area contributed by atoms with Crippen LogP contribution in [0.25, 0.3) is 0 Å². The van der Waals surface area contributed by atoms with E-state index in [1.54, 1.807) is 34.1 Å². The lowest BCUT2D eigenvalue weighted by Gasteiger charge is -2.33. The molecule has 0 aromatic heterocycles. The lowest BCUT2D eigenvalue weighted by Crippen LogP contribution is -2.52. The number of amides is 3. The SMILES string of the molecule is CS(=O)(=O)NC1CCCN(C(=O)CNC(=O)C2c3ccccc3C(=O)N2C2CC2)C1. The first kappa shape index (κ1) is 20.8. The summed E-state index contributed by atoms with van der Waals surface area (Å²) in [5.74, 6) is -0.763. The zero-order chi connectivity index (χ0) is 21.5. The van der Waals surface area contributed by atoms with Crippen LogP contribution in [0.4, 0.5) is 0 Å².